The molecule has 23 heavy (non-hydrogen) atoms. The van der Waals surface area contributed by atoms with Gasteiger partial charge in [0.1, 0.15) is 11.8 Å². The molecule has 0 spiro atoms. The smallest absolute Gasteiger partial charge is 0.240 e. The average Bonchev–Trinajstić information content (AvgIpc) is 3.20. The number of rotatable bonds is 4. The van der Waals surface area contributed by atoms with Gasteiger partial charge in [-0.25, -0.2) is 0 Å². The monoisotopic (exact) mass is 312 g/mol. The minimum atomic E-state index is -0.644. The molecule has 3 rings (SSSR count). The Morgan fingerprint density at radius 2 is 2.43 bits per heavy atom. The third kappa shape index (κ3) is 2.88. The van der Waals surface area contributed by atoms with Crippen LogP contribution in [-0.2, 0) is 11.2 Å². The molecular formula is C17H20N4O2. The molecule has 1 amide bonds. The Morgan fingerprint density at radius 1 is 1.61 bits per heavy atom. The summed E-state index contributed by atoms with van der Waals surface area (Å²) in [6.45, 7) is 0.618. The van der Waals surface area contributed by atoms with Crippen LogP contribution in [0, 0.1) is 11.3 Å². The molecule has 0 unspecified atom stereocenters. The molecular weight excluding hydrogens is 292 g/mol. The van der Waals surface area contributed by atoms with Gasteiger partial charge in [-0.3, -0.25) is 4.79 Å². The summed E-state index contributed by atoms with van der Waals surface area (Å²) in [5.74, 6) is 0.619. The number of methoxy groups -OCH3 is 1. The van der Waals surface area contributed by atoms with Crippen molar-refractivity contribution in [1.82, 2.24) is 9.88 Å². The van der Waals surface area contributed by atoms with E-state index in [0.717, 1.165) is 35.1 Å². The number of nitrogens with two attached hydrogens (primary N) is 1. The van der Waals surface area contributed by atoms with E-state index in [-0.39, 0.29) is 11.9 Å². The number of nitriles is 1. The third-order valence-corrected chi connectivity index (χ3v) is 4.42. The second kappa shape index (κ2) is 6.31. The first-order valence-corrected chi connectivity index (χ1v) is 7.73. The van der Waals surface area contributed by atoms with Crippen LogP contribution in [0.2, 0.25) is 0 Å². The number of likely N-dealkylation sites (tertiary alicyclic amines) is 1. The Balaban J connectivity index is 1.79. The lowest BCUT2D eigenvalue weighted by Crippen LogP contribution is -2.46. The molecule has 1 aromatic carbocycles. The Kier molecular flexibility index (Phi) is 4.22. The van der Waals surface area contributed by atoms with Crippen molar-refractivity contribution in [3.05, 3.63) is 30.0 Å². The van der Waals surface area contributed by atoms with Gasteiger partial charge < -0.3 is 20.4 Å². The van der Waals surface area contributed by atoms with Crippen LogP contribution in [0.1, 0.15) is 18.4 Å². The van der Waals surface area contributed by atoms with Crippen molar-refractivity contribution in [2.45, 2.75) is 31.3 Å². The van der Waals surface area contributed by atoms with Gasteiger partial charge in [0.2, 0.25) is 5.91 Å². The Morgan fingerprint density at radius 3 is 3.17 bits per heavy atom. The molecule has 2 atom stereocenters. The molecule has 0 bridgehead atoms. The standard InChI is InChI=1S/C17H20N4O2/c1-23-13-4-5-16-14(8-13)11(10-20-16)7-15(19)17(22)21-6-2-3-12(21)9-18/h4-5,8,10,12,15,20H,2-3,6-7,19H2,1H3/t12-,15-/m0/s1. The highest BCUT2D eigenvalue weighted by Crippen LogP contribution is 2.25. The number of nitrogens with zero attached hydrogens (tertiary/aromatic N) is 2. The summed E-state index contributed by atoms with van der Waals surface area (Å²) in [4.78, 5) is 17.3. The van der Waals surface area contributed by atoms with E-state index < -0.39 is 6.04 Å². The minimum absolute atomic E-state index is 0.147. The van der Waals surface area contributed by atoms with E-state index in [0.29, 0.717) is 13.0 Å². The Hall–Kier alpha value is -2.52. The molecule has 1 aliphatic rings. The number of nitrogens with one attached hydrogen (secondary N) is 1. The van der Waals surface area contributed by atoms with Crippen LogP contribution in [-0.4, -0.2) is 41.5 Å². The number of ether oxygens (including phenoxy) is 1. The number of hydrogen-bond donors (Lipinski definition) is 2. The molecule has 2 heterocycles. The quantitative estimate of drug-likeness (QED) is 0.895. The topological polar surface area (TPSA) is 95.1 Å². The normalized spacial score (nSPS) is 18.8. The maximum Gasteiger partial charge on any atom is 0.240 e. The van der Waals surface area contributed by atoms with Gasteiger partial charge in [-0.1, -0.05) is 0 Å². The van der Waals surface area contributed by atoms with Crippen LogP contribution >= 0.6 is 0 Å². The summed E-state index contributed by atoms with van der Waals surface area (Å²) in [7, 11) is 1.62. The Bertz CT molecular complexity index is 762. The molecule has 1 aromatic heterocycles. The predicted molar refractivity (Wildman–Crippen MR) is 86.9 cm³/mol. The van der Waals surface area contributed by atoms with E-state index in [1.165, 1.54) is 0 Å². The zero-order valence-electron chi connectivity index (χ0n) is 13.1. The number of hydrogen-bond acceptors (Lipinski definition) is 4. The maximum absolute atomic E-state index is 12.5. The fourth-order valence-electron chi connectivity index (χ4n) is 3.16. The van der Waals surface area contributed by atoms with Crippen LogP contribution in [0.25, 0.3) is 10.9 Å². The van der Waals surface area contributed by atoms with Gasteiger partial charge in [-0.2, -0.15) is 5.26 Å². The number of benzene rings is 1. The van der Waals surface area contributed by atoms with Crippen LogP contribution in [0.5, 0.6) is 5.75 Å². The summed E-state index contributed by atoms with van der Waals surface area (Å²) in [6.07, 6.45) is 3.91. The SMILES string of the molecule is COc1ccc2[nH]cc(C[C@H](N)C(=O)N3CCC[C@H]3C#N)c2c1. The first kappa shape index (κ1) is 15.4. The molecule has 1 aliphatic heterocycles. The number of carbonyl (C=O) groups is 1. The van der Waals surface area contributed by atoms with Gasteiger partial charge >= 0.3 is 0 Å². The lowest BCUT2D eigenvalue weighted by atomic mass is 10.0. The van der Waals surface area contributed by atoms with Gasteiger partial charge in [-0.15, -0.1) is 0 Å². The Labute approximate surface area is 134 Å². The second-order valence-electron chi connectivity index (χ2n) is 5.85. The molecule has 6 heteroatoms. The molecule has 6 nitrogen and oxygen atoms in total. The van der Waals surface area contributed by atoms with Crippen molar-refractivity contribution in [3.8, 4) is 11.8 Å². The lowest BCUT2D eigenvalue weighted by Gasteiger charge is -2.23. The lowest BCUT2D eigenvalue weighted by molar-refractivity contribution is -0.132. The minimum Gasteiger partial charge on any atom is -0.497 e. The van der Waals surface area contributed by atoms with E-state index in [2.05, 4.69) is 11.1 Å². The summed E-state index contributed by atoms with van der Waals surface area (Å²) >= 11 is 0. The fraction of sp³-hybridized carbons (Fsp3) is 0.412. The van der Waals surface area contributed by atoms with Crippen molar-refractivity contribution in [1.29, 1.82) is 5.26 Å². The van der Waals surface area contributed by atoms with Gasteiger partial charge in [-0.05, 0) is 43.0 Å². The number of aromatic nitrogens is 1. The average molecular weight is 312 g/mol. The first-order valence-electron chi connectivity index (χ1n) is 7.73. The van der Waals surface area contributed by atoms with E-state index in [1.54, 1.807) is 12.0 Å². The van der Waals surface area contributed by atoms with E-state index in [4.69, 9.17) is 15.7 Å². The molecule has 0 aliphatic carbocycles. The third-order valence-electron chi connectivity index (χ3n) is 4.42. The number of carbonyl (C=O) groups excluding carboxylic acids is 1. The summed E-state index contributed by atoms with van der Waals surface area (Å²) in [6, 6.07) is 6.96. The van der Waals surface area contributed by atoms with Crippen molar-refractivity contribution in [2.75, 3.05) is 13.7 Å². The van der Waals surface area contributed by atoms with Crippen molar-refractivity contribution in [2.24, 2.45) is 5.73 Å². The second-order valence-corrected chi connectivity index (χ2v) is 5.85. The molecule has 2 aromatic rings. The maximum atomic E-state index is 12.5. The zero-order valence-corrected chi connectivity index (χ0v) is 13.1. The summed E-state index contributed by atoms with van der Waals surface area (Å²) < 4.78 is 5.25. The number of H-pyrrole nitrogens is 1. The predicted octanol–water partition coefficient (Wildman–Crippen LogP) is 1.56. The number of fused-ring (bicyclic) bond motifs is 1. The number of amides is 1. The van der Waals surface area contributed by atoms with Crippen molar-refractivity contribution >= 4 is 16.8 Å². The molecule has 1 saturated heterocycles. The van der Waals surface area contributed by atoms with Gasteiger partial charge in [0.25, 0.3) is 0 Å². The van der Waals surface area contributed by atoms with Crippen molar-refractivity contribution < 1.29 is 9.53 Å². The number of aromatic amines is 1. The van der Waals surface area contributed by atoms with Crippen molar-refractivity contribution in [3.63, 3.8) is 0 Å². The van der Waals surface area contributed by atoms with E-state index >= 15 is 0 Å². The van der Waals surface area contributed by atoms with E-state index in [1.807, 2.05) is 24.4 Å². The van der Waals surface area contributed by atoms with Crippen LogP contribution < -0.4 is 10.5 Å². The highest BCUT2D eigenvalue weighted by molar-refractivity contribution is 5.87. The van der Waals surface area contributed by atoms with Gasteiger partial charge in [0.05, 0.1) is 19.2 Å². The van der Waals surface area contributed by atoms with E-state index in [9.17, 15) is 4.79 Å². The molecule has 0 saturated carbocycles. The highest BCUT2D eigenvalue weighted by Gasteiger charge is 2.31. The van der Waals surface area contributed by atoms with Gasteiger partial charge in [0, 0.05) is 23.6 Å². The molecule has 120 valence electrons. The zero-order chi connectivity index (χ0) is 16.4. The summed E-state index contributed by atoms with van der Waals surface area (Å²) in [5.41, 5.74) is 8.08. The largest absolute Gasteiger partial charge is 0.497 e. The van der Waals surface area contributed by atoms with Crippen LogP contribution in [0.15, 0.2) is 24.4 Å². The highest BCUT2D eigenvalue weighted by atomic mass is 16.5. The molecule has 3 N–H and O–H groups in total. The fourth-order valence-corrected chi connectivity index (χ4v) is 3.16. The molecule has 0 radical (unpaired) electrons. The van der Waals surface area contributed by atoms with Gasteiger partial charge in [0.15, 0.2) is 0 Å². The van der Waals surface area contributed by atoms with Crippen LogP contribution in [0.3, 0.4) is 0 Å². The summed E-state index contributed by atoms with van der Waals surface area (Å²) in [5, 5.41) is 10.1. The molecule has 1 fully saturated rings. The first-order chi connectivity index (χ1) is 11.1. The van der Waals surface area contributed by atoms with Crippen LogP contribution in [0.4, 0.5) is 0 Å².